The molecule has 1 heteroatoms. The average molecular weight is 152 g/mol. The van der Waals surface area contributed by atoms with Crippen LogP contribution in [0.15, 0.2) is 0 Å². The molecular weight excluding hydrogens is 137 g/mol. The molecule has 0 aliphatic heterocycles. The second kappa shape index (κ2) is 70.5. The zero-order valence-corrected chi connectivity index (χ0v) is 4.42. The van der Waals surface area contributed by atoms with Gasteiger partial charge in [-0.15, -0.1) is 0 Å². The van der Waals surface area contributed by atoms with Gasteiger partial charge < -0.3 is 7.43 Å². The molecule has 0 aliphatic carbocycles. The van der Waals surface area contributed by atoms with Crippen LogP contribution in [-0.4, -0.2) is 0 Å². The van der Waals surface area contributed by atoms with E-state index in [0.29, 0.717) is 0 Å². The van der Waals surface area contributed by atoms with Gasteiger partial charge in [-0.05, 0) is 0 Å². The molecular formula is C4H15Y-. The second-order valence-corrected chi connectivity index (χ2v) is 0. The van der Waals surface area contributed by atoms with Crippen LogP contribution in [0.25, 0.3) is 0 Å². The van der Waals surface area contributed by atoms with Crippen molar-refractivity contribution in [2.45, 2.75) is 22.3 Å². The molecule has 0 bridgehead atoms. The maximum absolute atomic E-state index is 0. The van der Waals surface area contributed by atoms with Crippen LogP contribution in [0.1, 0.15) is 22.3 Å². The minimum Gasteiger partial charge on any atom is -0.358 e. The second-order valence-electron chi connectivity index (χ2n) is 0. The van der Waals surface area contributed by atoms with Crippen LogP contribution in [-0.2, 0) is 32.7 Å². The average Bonchev–Trinajstić information content (AvgIpc) is 0. The van der Waals surface area contributed by atoms with Crippen molar-refractivity contribution < 1.29 is 32.7 Å². The summed E-state index contributed by atoms with van der Waals surface area (Å²) in [4.78, 5) is 0. The van der Waals surface area contributed by atoms with Crippen LogP contribution in [0.2, 0.25) is 0 Å². The number of hydrogen-bond donors (Lipinski definition) is 0. The van der Waals surface area contributed by atoms with Gasteiger partial charge in [0, 0.05) is 32.7 Å². The molecule has 0 spiro atoms. The van der Waals surface area contributed by atoms with E-state index in [1.165, 1.54) is 0 Å². The molecule has 0 aromatic heterocycles. The molecule has 1 radical (unpaired) electrons. The van der Waals surface area contributed by atoms with Crippen molar-refractivity contribution in [3.05, 3.63) is 7.43 Å². The fraction of sp³-hybridized carbons (Fsp3) is 0.750. The standard InChI is InChI=1S/3CH4.CH3.Y/h3*1H4;1H3;/q;;;-1;. The van der Waals surface area contributed by atoms with Crippen LogP contribution in [0.5, 0.6) is 0 Å². The van der Waals surface area contributed by atoms with Crippen molar-refractivity contribution >= 4 is 0 Å². The van der Waals surface area contributed by atoms with E-state index in [2.05, 4.69) is 0 Å². The molecule has 0 atom stereocenters. The third kappa shape index (κ3) is 40.4. The van der Waals surface area contributed by atoms with E-state index in [1.807, 2.05) is 0 Å². The Hall–Kier alpha value is 1.10. The number of rotatable bonds is 0. The Bertz CT molecular complexity index is 3.61. The molecule has 0 saturated heterocycles. The van der Waals surface area contributed by atoms with Crippen LogP contribution >= 0.6 is 0 Å². The van der Waals surface area contributed by atoms with Gasteiger partial charge in [-0.25, -0.2) is 0 Å². The molecule has 0 N–H and O–H groups in total. The van der Waals surface area contributed by atoms with Crippen molar-refractivity contribution in [3.8, 4) is 0 Å². The fourth-order valence-corrected chi connectivity index (χ4v) is 0. The first-order valence-electron chi connectivity index (χ1n) is 0. The summed E-state index contributed by atoms with van der Waals surface area (Å²) in [6.45, 7) is 0. The predicted molar refractivity (Wildman–Crippen MR) is 26.6 cm³/mol. The summed E-state index contributed by atoms with van der Waals surface area (Å²) in [5.74, 6) is 0. The van der Waals surface area contributed by atoms with Gasteiger partial charge in [0.1, 0.15) is 0 Å². The quantitative estimate of drug-likeness (QED) is 0.467. The van der Waals surface area contributed by atoms with E-state index in [9.17, 15) is 0 Å². The smallest absolute Gasteiger partial charge is 0 e. The Labute approximate surface area is 62.2 Å². The first-order valence-corrected chi connectivity index (χ1v) is 0. The van der Waals surface area contributed by atoms with Gasteiger partial charge in [0.05, 0.1) is 0 Å². The largest absolute Gasteiger partial charge is 0.358 e. The molecule has 0 aromatic rings. The summed E-state index contributed by atoms with van der Waals surface area (Å²) in [7, 11) is 0. The van der Waals surface area contributed by atoms with Crippen molar-refractivity contribution in [3.63, 3.8) is 0 Å². The van der Waals surface area contributed by atoms with E-state index >= 15 is 0 Å². The zero-order valence-electron chi connectivity index (χ0n) is 1.58. The zero-order chi connectivity index (χ0) is 0. The Morgan fingerprint density at radius 2 is 0.600 bits per heavy atom. The molecule has 5 heavy (non-hydrogen) atoms. The van der Waals surface area contributed by atoms with Crippen LogP contribution in [0.3, 0.4) is 0 Å². The summed E-state index contributed by atoms with van der Waals surface area (Å²) in [5.41, 5.74) is 0. The Morgan fingerprint density at radius 1 is 0.600 bits per heavy atom. The van der Waals surface area contributed by atoms with Gasteiger partial charge >= 0.3 is 0 Å². The third-order valence-corrected chi connectivity index (χ3v) is 0. The Morgan fingerprint density at radius 3 is 0.600 bits per heavy atom. The summed E-state index contributed by atoms with van der Waals surface area (Å²) in [5, 5.41) is 0. The van der Waals surface area contributed by atoms with E-state index in [1.54, 1.807) is 0 Å². The topological polar surface area (TPSA) is 0 Å². The van der Waals surface area contributed by atoms with Gasteiger partial charge in [-0.3, -0.25) is 0 Å². The van der Waals surface area contributed by atoms with Crippen LogP contribution in [0.4, 0.5) is 0 Å². The summed E-state index contributed by atoms with van der Waals surface area (Å²) in [6, 6.07) is 0. The Kier molecular flexibility index (Phi) is 1840. The summed E-state index contributed by atoms with van der Waals surface area (Å²) < 4.78 is 0. The van der Waals surface area contributed by atoms with Crippen LogP contribution < -0.4 is 0 Å². The van der Waals surface area contributed by atoms with E-state index in [0.717, 1.165) is 0 Å². The van der Waals surface area contributed by atoms with Crippen molar-refractivity contribution in [2.24, 2.45) is 0 Å². The monoisotopic (exact) mass is 152 g/mol. The minimum atomic E-state index is 0. The molecule has 0 rings (SSSR count). The first kappa shape index (κ1) is 130. The van der Waals surface area contributed by atoms with Gasteiger partial charge in [-0.1, -0.05) is 22.3 Å². The molecule has 35 valence electrons. The third-order valence-electron chi connectivity index (χ3n) is 0. The van der Waals surface area contributed by atoms with E-state index in [-0.39, 0.29) is 62.4 Å². The Balaban J connectivity index is 0. The number of hydrogen-bond acceptors (Lipinski definition) is 0. The van der Waals surface area contributed by atoms with Gasteiger partial charge in [0.15, 0.2) is 0 Å². The molecule has 0 nitrogen and oxygen atoms in total. The first-order chi connectivity index (χ1) is 0. The normalized spacial score (nSPS) is 0. The van der Waals surface area contributed by atoms with E-state index in [4.69, 9.17) is 0 Å². The maximum Gasteiger partial charge on any atom is 0 e. The van der Waals surface area contributed by atoms with Crippen LogP contribution in [0, 0.1) is 7.43 Å². The van der Waals surface area contributed by atoms with Crippen molar-refractivity contribution in [1.29, 1.82) is 0 Å². The fourth-order valence-electron chi connectivity index (χ4n) is 0. The molecule has 0 aliphatic rings. The van der Waals surface area contributed by atoms with Crippen molar-refractivity contribution in [2.75, 3.05) is 0 Å². The molecule has 0 aromatic carbocycles. The SMILES string of the molecule is C.C.C.[CH3-].[Y]. The maximum atomic E-state index is 0. The molecule has 0 fully saturated rings. The summed E-state index contributed by atoms with van der Waals surface area (Å²) >= 11 is 0. The van der Waals surface area contributed by atoms with E-state index < -0.39 is 0 Å². The van der Waals surface area contributed by atoms with Gasteiger partial charge in [0.25, 0.3) is 0 Å². The van der Waals surface area contributed by atoms with Crippen molar-refractivity contribution in [1.82, 2.24) is 0 Å². The van der Waals surface area contributed by atoms with Gasteiger partial charge in [-0.2, -0.15) is 0 Å². The molecule has 0 amide bonds. The van der Waals surface area contributed by atoms with Gasteiger partial charge in [0.2, 0.25) is 0 Å². The molecule has 0 heterocycles. The minimum absolute atomic E-state index is 0. The molecule has 0 saturated carbocycles. The summed E-state index contributed by atoms with van der Waals surface area (Å²) in [6.07, 6.45) is 0. The predicted octanol–water partition coefficient (Wildman–Crippen LogP) is 2.36. The molecule has 0 unspecified atom stereocenters.